The number of benzene rings is 1. The Morgan fingerprint density at radius 3 is 2.53 bits per heavy atom. The molecule has 2 rings (SSSR count). The minimum atomic E-state index is -1.02. The van der Waals surface area contributed by atoms with Gasteiger partial charge in [0.2, 0.25) is 5.91 Å². The molecule has 1 aliphatic carbocycles. The van der Waals surface area contributed by atoms with Gasteiger partial charge in [-0.15, -0.1) is 0 Å². The molecule has 1 aromatic carbocycles. The molecule has 4 nitrogen and oxygen atoms in total. The average molecular weight is 286 g/mol. The number of rotatable bonds is 3. The Morgan fingerprint density at radius 1 is 1.37 bits per heavy atom. The van der Waals surface area contributed by atoms with Crippen molar-refractivity contribution in [1.82, 2.24) is 0 Å². The van der Waals surface area contributed by atoms with Crippen LogP contribution < -0.4 is 5.32 Å². The summed E-state index contributed by atoms with van der Waals surface area (Å²) in [5.74, 6) is -3.53. The largest absolute Gasteiger partial charge is 0.481 e. The summed E-state index contributed by atoms with van der Waals surface area (Å²) in [6.45, 7) is 3.40. The van der Waals surface area contributed by atoms with Crippen LogP contribution in [0.2, 0.25) is 5.02 Å². The second kappa shape index (κ2) is 4.49. The Hall–Kier alpha value is -1.62. The molecule has 1 fully saturated rings. The van der Waals surface area contributed by atoms with Gasteiger partial charge in [-0.1, -0.05) is 25.4 Å². The molecular weight excluding hydrogens is 273 g/mol. The Morgan fingerprint density at radius 2 is 2.00 bits per heavy atom. The molecule has 1 aliphatic rings. The van der Waals surface area contributed by atoms with E-state index < -0.39 is 34.9 Å². The Labute approximate surface area is 114 Å². The summed E-state index contributed by atoms with van der Waals surface area (Å²) >= 11 is 5.72. The first-order valence-electron chi connectivity index (χ1n) is 5.74. The first-order valence-corrected chi connectivity index (χ1v) is 6.11. The maximum absolute atomic E-state index is 13.5. The lowest BCUT2D eigenvalue weighted by Gasteiger charge is -2.07. The zero-order valence-electron chi connectivity index (χ0n) is 10.4. The summed E-state index contributed by atoms with van der Waals surface area (Å²) in [5, 5.41) is 11.7. The topological polar surface area (TPSA) is 66.4 Å². The summed E-state index contributed by atoms with van der Waals surface area (Å²) < 4.78 is 13.5. The number of amides is 1. The van der Waals surface area contributed by atoms with Crippen molar-refractivity contribution in [2.24, 2.45) is 17.3 Å². The first kappa shape index (κ1) is 13.8. The standard InChI is InChI=1S/C13H13ClFNO3/c1-13(2)9(10(13)12(18)19)11(17)16-8-5-6(14)3-4-7(8)15/h3-5,9-10H,1-2H3,(H,16,17)(H,18,19). The maximum Gasteiger partial charge on any atom is 0.307 e. The lowest BCUT2D eigenvalue weighted by Crippen LogP contribution is -2.18. The number of nitrogens with one attached hydrogen (secondary N) is 1. The van der Waals surface area contributed by atoms with Crippen LogP contribution in [-0.2, 0) is 9.59 Å². The van der Waals surface area contributed by atoms with Crippen LogP contribution in [0.3, 0.4) is 0 Å². The third kappa shape index (κ3) is 2.42. The fraction of sp³-hybridized carbons (Fsp3) is 0.385. The number of anilines is 1. The lowest BCUT2D eigenvalue weighted by molar-refractivity contribution is -0.140. The van der Waals surface area contributed by atoms with Crippen molar-refractivity contribution in [1.29, 1.82) is 0 Å². The predicted molar refractivity (Wildman–Crippen MR) is 68.4 cm³/mol. The Kier molecular flexibility index (Phi) is 3.26. The van der Waals surface area contributed by atoms with Crippen molar-refractivity contribution in [2.75, 3.05) is 5.32 Å². The Bertz CT molecular complexity index is 559. The van der Waals surface area contributed by atoms with E-state index in [0.29, 0.717) is 5.02 Å². The highest BCUT2D eigenvalue weighted by molar-refractivity contribution is 6.30. The van der Waals surface area contributed by atoms with Crippen LogP contribution in [0.15, 0.2) is 18.2 Å². The minimum Gasteiger partial charge on any atom is -0.481 e. The quantitative estimate of drug-likeness (QED) is 0.897. The maximum atomic E-state index is 13.5. The van der Waals surface area contributed by atoms with E-state index >= 15 is 0 Å². The highest BCUT2D eigenvalue weighted by Crippen LogP contribution is 2.58. The normalized spacial score (nSPS) is 23.8. The van der Waals surface area contributed by atoms with E-state index in [2.05, 4.69) is 5.32 Å². The molecule has 0 heterocycles. The van der Waals surface area contributed by atoms with E-state index in [9.17, 15) is 14.0 Å². The van der Waals surface area contributed by atoms with Gasteiger partial charge in [0.1, 0.15) is 5.82 Å². The predicted octanol–water partition coefficient (Wildman–Crippen LogP) is 2.77. The molecule has 1 saturated carbocycles. The third-order valence-corrected chi connectivity index (χ3v) is 3.80. The number of carbonyl (C=O) groups excluding carboxylic acids is 1. The second-order valence-electron chi connectivity index (χ2n) is 5.23. The van der Waals surface area contributed by atoms with Crippen LogP contribution in [0, 0.1) is 23.1 Å². The van der Waals surface area contributed by atoms with Crippen LogP contribution in [0.25, 0.3) is 0 Å². The van der Waals surface area contributed by atoms with Crippen molar-refractivity contribution in [3.8, 4) is 0 Å². The second-order valence-corrected chi connectivity index (χ2v) is 5.66. The summed E-state index contributed by atoms with van der Waals surface area (Å²) in [6.07, 6.45) is 0. The molecule has 0 aromatic heterocycles. The van der Waals surface area contributed by atoms with E-state index in [-0.39, 0.29) is 5.69 Å². The van der Waals surface area contributed by atoms with Gasteiger partial charge in [-0.2, -0.15) is 0 Å². The molecule has 2 atom stereocenters. The van der Waals surface area contributed by atoms with Crippen LogP contribution in [-0.4, -0.2) is 17.0 Å². The van der Waals surface area contributed by atoms with E-state index in [1.807, 2.05) is 0 Å². The summed E-state index contributed by atoms with van der Waals surface area (Å²) in [6, 6.07) is 3.80. The van der Waals surface area contributed by atoms with Crippen LogP contribution >= 0.6 is 11.6 Å². The van der Waals surface area contributed by atoms with Gasteiger partial charge in [0.25, 0.3) is 0 Å². The molecule has 19 heavy (non-hydrogen) atoms. The summed E-state index contributed by atoms with van der Waals surface area (Å²) in [4.78, 5) is 23.0. The summed E-state index contributed by atoms with van der Waals surface area (Å²) in [5.41, 5.74) is -0.658. The number of hydrogen-bond acceptors (Lipinski definition) is 2. The van der Waals surface area contributed by atoms with Crippen LogP contribution in [0.1, 0.15) is 13.8 Å². The lowest BCUT2D eigenvalue weighted by atomic mass is 10.1. The van der Waals surface area contributed by atoms with Crippen molar-refractivity contribution < 1.29 is 19.1 Å². The zero-order chi connectivity index (χ0) is 14.4. The summed E-state index contributed by atoms with van der Waals surface area (Å²) in [7, 11) is 0. The Balaban J connectivity index is 2.15. The molecular formula is C13H13ClFNO3. The monoisotopic (exact) mass is 285 g/mol. The van der Waals surface area contributed by atoms with Crippen LogP contribution in [0.5, 0.6) is 0 Å². The molecule has 0 bridgehead atoms. The molecule has 0 radical (unpaired) electrons. The van der Waals surface area contributed by atoms with Gasteiger partial charge in [0.05, 0.1) is 17.5 Å². The molecule has 102 valence electrons. The van der Waals surface area contributed by atoms with Crippen molar-refractivity contribution in [2.45, 2.75) is 13.8 Å². The molecule has 0 aliphatic heterocycles. The minimum absolute atomic E-state index is 0.0376. The van der Waals surface area contributed by atoms with Crippen LogP contribution in [0.4, 0.5) is 10.1 Å². The van der Waals surface area contributed by atoms with E-state index in [0.717, 1.165) is 6.07 Å². The SMILES string of the molecule is CC1(C)C(C(=O)O)C1C(=O)Nc1cc(Cl)ccc1F. The zero-order valence-corrected chi connectivity index (χ0v) is 11.2. The van der Waals surface area contributed by atoms with Gasteiger partial charge in [0, 0.05) is 5.02 Å². The van der Waals surface area contributed by atoms with Crippen molar-refractivity contribution >= 4 is 29.2 Å². The smallest absolute Gasteiger partial charge is 0.307 e. The average Bonchev–Trinajstić information content (AvgIpc) is 2.87. The highest BCUT2D eigenvalue weighted by atomic mass is 35.5. The molecule has 1 aromatic rings. The number of aliphatic carboxylic acids is 1. The molecule has 2 unspecified atom stereocenters. The van der Waals surface area contributed by atoms with Crippen molar-refractivity contribution in [3.05, 3.63) is 29.0 Å². The van der Waals surface area contributed by atoms with Gasteiger partial charge in [-0.3, -0.25) is 9.59 Å². The van der Waals surface area contributed by atoms with Gasteiger partial charge in [-0.25, -0.2) is 4.39 Å². The van der Waals surface area contributed by atoms with E-state index in [4.69, 9.17) is 16.7 Å². The number of carboxylic acid groups (broad SMARTS) is 1. The van der Waals surface area contributed by atoms with Gasteiger partial charge in [0.15, 0.2) is 0 Å². The van der Waals surface area contributed by atoms with Gasteiger partial charge < -0.3 is 10.4 Å². The molecule has 0 saturated heterocycles. The first-order chi connectivity index (χ1) is 8.75. The van der Waals surface area contributed by atoms with E-state index in [1.165, 1.54) is 12.1 Å². The van der Waals surface area contributed by atoms with Crippen molar-refractivity contribution in [3.63, 3.8) is 0 Å². The molecule has 6 heteroatoms. The number of hydrogen-bond donors (Lipinski definition) is 2. The molecule has 1 amide bonds. The van der Waals surface area contributed by atoms with Gasteiger partial charge in [-0.05, 0) is 23.6 Å². The third-order valence-electron chi connectivity index (χ3n) is 3.56. The molecule has 0 spiro atoms. The molecule has 2 N–H and O–H groups in total. The van der Waals surface area contributed by atoms with Gasteiger partial charge >= 0.3 is 5.97 Å². The highest BCUT2D eigenvalue weighted by Gasteiger charge is 2.65. The number of halogens is 2. The fourth-order valence-electron chi connectivity index (χ4n) is 2.39. The van der Waals surface area contributed by atoms with E-state index in [1.54, 1.807) is 13.8 Å². The fourth-order valence-corrected chi connectivity index (χ4v) is 2.56. The number of carbonyl (C=O) groups is 2. The number of carboxylic acids is 1.